The zero-order valence-corrected chi connectivity index (χ0v) is 13.7. The van der Waals surface area contributed by atoms with Crippen molar-refractivity contribution in [3.8, 4) is 6.07 Å². The molecular formula is C17H18N4OS. The van der Waals surface area contributed by atoms with E-state index in [1.54, 1.807) is 0 Å². The van der Waals surface area contributed by atoms with Gasteiger partial charge in [0.05, 0.1) is 12.1 Å². The van der Waals surface area contributed by atoms with E-state index in [-0.39, 0.29) is 5.91 Å². The van der Waals surface area contributed by atoms with Crippen LogP contribution in [0.2, 0.25) is 0 Å². The first-order chi connectivity index (χ1) is 11.1. The van der Waals surface area contributed by atoms with Crippen molar-refractivity contribution in [3.05, 3.63) is 45.8 Å². The van der Waals surface area contributed by atoms with Gasteiger partial charge in [0, 0.05) is 23.7 Å². The number of rotatable bonds is 3. The lowest BCUT2D eigenvalue weighted by Gasteiger charge is -2.26. The molecule has 3 N–H and O–H groups in total. The number of nitriles is 1. The molecule has 0 spiro atoms. The molecule has 0 fully saturated rings. The van der Waals surface area contributed by atoms with Gasteiger partial charge in [-0.05, 0) is 31.0 Å². The maximum atomic E-state index is 12.2. The Morgan fingerprint density at radius 1 is 1.43 bits per heavy atom. The monoisotopic (exact) mass is 326 g/mol. The van der Waals surface area contributed by atoms with Crippen molar-refractivity contribution >= 4 is 27.9 Å². The Kier molecular flexibility index (Phi) is 4.33. The minimum Gasteiger partial charge on any atom is -0.389 e. The van der Waals surface area contributed by atoms with E-state index in [1.165, 1.54) is 11.3 Å². The molecule has 2 heterocycles. The van der Waals surface area contributed by atoms with Crippen LogP contribution in [0.3, 0.4) is 0 Å². The van der Waals surface area contributed by atoms with E-state index in [0.29, 0.717) is 23.7 Å². The van der Waals surface area contributed by atoms with Crippen LogP contribution < -0.4 is 11.1 Å². The van der Waals surface area contributed by atoms with Crippen LogP contribution in [0.1, 0.15) is 21.6 Å². The van der Waals surface area contributed by atoms with Crippen molar-refractivity contribution < 1.29 is 4.79 Å². The number of nitrogens with zero attached hydrogens (tertiary/aromatic N) is 2. The summed E-state index contributed by atoms with van der Waals surface area (Å²) in [5, 5.41) is 12.7. The fraction of sp³-hybridized carbons (Fsp3) is 0.294. The normalized spacial score (nSPS) is 14.1. The number of carbonyl (C=O) groups excluding carboxylic acids is 1. The van der Waals surface area contributed by atoms with Gasteiger partial charge in [0.1, 0.15) is 11.1 Å². The minimum absolute atomic E-state index is 0.0256. The molecule has 1 aromatic carbocycles. The van der Waals surface area contributed by atoms with E-state index in [1.807, 2.05) is 31.2 Å². The highest BCUT2D eigenvalue weighted by molar-refractivity contribution is 7.16. The molecule has 3 rings (SSSR count). The van der Waals surface area contributed by atoms with Crippen molar-refractivity contribution in [1.82, 2.24) is 4.90 Å². The molecule has 1 aromatic heterocycles. The fourth-order valence-corrected chi connectivity index (χ4v) is 3.89. The van der Waals surface area contributed by atoms with Crippen molar-refractivity contribution in [1.29, 1.82) is 5.26 Å². The largest absolute Gasteiger partial charge is 0.389 e. The highest BCUT2D eigenvalue weighted by Gasteiger charge is 2.24. The topological polar surface area (TPSA) is 82.2 Å². The number of carbonyl (C=O) groups is 1. The van der Waals surface area contributed by atoms with E-state index in [2.05, 4.69) is 16.3 Å². The summed E-state index contributed by atoms with van der Waals surface area (Å²) in [6.07, 6.45) is 0.768. The van der Waals surface area contributed by atoms with Gasteiger partial charge in [0.15, 0.2) is 0 Å². The molecule has 0 saturated carbocycles. The van der Waals surface area contributed by atoms with Crippen molar-refractivity contribution in [2.24, 2.45) is 0 Å². The number of fused-ring (bicyclic) bond motifs is 1. The number of nitrogen functional groups attached to an aromatic ring is 1. The van der Waals surface area contributed by atoms with Crippen LogP contribution in [0.4, 0.5) is 10.7 Å². The summed E-state index contributed by atoms with van der Waals surface area (Å²) in [4.78, 5) is 15.4. The van der Waals surface area contributed by atoms with Crippen LogP contribution >= 0.6 is 11.3 Å². The molecule has 1 aliphatic rings. The molecule has 5 nitrogen and oxygen atoms in total. The van der Waals surface area contributed by atoms with Crippen molar-refractivity contribution in [2.75, 3.05) is 24.1 Å². The maximum absolute atomic E-state index is 12.2. The molecule has 0 radical (unpaired) electrons. The maximum Gasteiger partial charge on any atom is 0.238 e. The van der Waals surface area contributed by atoms with E-state index >= 15 is 0 Å². The first kappa shape index (κ1) is 15.5. The van der Waals surface area contributed by atoms with Crippen LogP contribution in [-0.4, -0.2) is 23.9 Å². The zero-order valence-electron chi connectivity index (χ0n) is 12.9. The molecule has 0 atom stereocenters. The smallest absolute Gasteiger partial charge is 0.238 e. The number of nitrogens with one attached hydrogen (secondary N) is 1. The van der Waals surface area contributed by atoms with Gasteiger partial charge < -0.3 is 11.1 Å². The number of aryl methyl sites for hydroxylation is 1. The Balaban J connectivity index is 1.62. The Morgan fingerprint density at radius 3 is 2.87 bits per heavy atom. The molecule has 1 aliphatic heterocycles. The molecule has 0 bridgehead atoms. The summed E-state index contributed by atoms with van der Waals surface area (Å²) in [7, 11) is 0. The van der Waals surface area contributed by atoms with Gasteiger partial charge in [-0.3, -0.25) is 9.69 Å². The number of anilines is 2. The quantitative estimate of drug-likeness (QED) is 0.908. The van der Waals surface area contributed by atoms with Crippen LogP contribution in [0, 0.1) is 18.3 Å². The summed E-state index contributed by atoms with van der Waals surface area (Å²) in [6.45, 7) is 3.79. The van der Waals surface area contributed by atoms with E-state index in [0.717, 1.165) is 34.7 Å². The SMILES string of the molecule is Cc1ccc(NC(=O)CN2CCc3c(sc(N)c3C#N)C2)cc1. The van der Waals surface area contributed by atoms with Crippen molar-refractivity contribution in [2.45, 2.75) is 19.9 Å². The standard InChI is InChI=1S/C17H18N4OS/c1-11-2-4-12(5-3-11)20-16(22)10-21-7-6-13-14(8-18)17(19)23-15(13)9-21/h2-5H,6-7,9-10,19H2,1H3,(H,20,22). The van der Waals surface area contributed by atoms with Gasteiger partial charge in [0.25, 0.3) is 0 Å². The third-order valence-electron chi connectivity index (χ3n) is 3.98. The highest BCUT2D eigenvalue weighted by atomic mass is 32.1. The third kappa shape index (κ3) is 3.36. The average molecular weight is 326 g/mol. The second kappa shape index (κ2) is 6.41. The van der Waals surface area contributed by atoms with Crippen molar-refractivity contribution in [3.63, 3.8) is 0 Å². The van der Waals surface area contributed by atoms with E-state index < -0.39 is 0 Å². The van der Waals surface area contributed by atoms with Gasteiger partial charge >= 0.3 is 0 Å². The summed E-state index contributed by atoms with van der Waals surface area (Å²) in [5.41, 5.74) is 9.54. The number of hydrogen-bond acceptors (Lipinski definition) is 5. The number of benzene rings is 1. The molecule has 0 unspecified atom stereocenters. The minimum atomic E-state index is -0.0256. The van der Waals surface area contributed by atoms with E-state index in [4.69, 9.17) is 11.0 Å². The lowest BCUT2D eigenvalue weighted by molar-refractivity contribution is -0.117. The number of thiophene rings is 1. The predicted molar refractivity (Wildman–Crippen MR) is 92.2 cm³/mol. The Labute approximate surface area is 139 Å². The van der Waals surface area contributed by atoms with Crippen LogP contribution in [0.5, 0.6) is 0 Å². The van der Waals surface area contributed by atoms with Crippen LogP contribution in [0.25, 0.3) is 0 Å². The number of nitrogens with two attached hydrogens (primary N) is 1. The lowest BCUT2D eigenvalue weighted by Crippen LogP contribution is -2.36. The molecular weight excluding hydrogens is 308 g/mol. The van der Waals surface area contributed by atoms with Crippen LogP contribution in [0.15, 0.2) is 24.3 Å². The second-order valence-corrected chi connectivity index (χ2v) is 6.87. The molecule has 23 heavy (non-hydrogen) atoms. The molecule has 118 valence electrons. The molecule has 2 aromatic rings. The Morgan fingerprint density at radius 2 is 2.17 bits per heavy atom. The molecule has 0 aliphatic carbocycles. The van der Waals surface area contributed by atoms with Crippen LogP contribution in [-0.2, 0) is 17.8 Å². The second-order valence-electron chi connectivity index (χ2n) is 5.73. The summed E-state index contributed by atoms with van der Waals surface area (Å²) in [6, 6.07) is 9.94. The number of amides is 1. The van der Waals surface area contributed by atoms with Gasteiger partial charge in [-0.2, -0.15) is 5.26 Å². The summed E-state index contributed by atoms with van der Waals surface area (Å²) in [5.74, 6) is -0.0256. The zero-order chi connectivity index (χ0) is 16.4. The average Bonchev–Trinajstić information content (AvgIpc) is 2.83. The number of hydrogen-bond donors (Lipinski definition) is 2. The van der Waals surface area contributed by atoms with Gasteiger partial charge in [0.2, 0.25) is 5.91 Å². The fourth-order valence-electron chi connectivity index (χ4n) is 2.78. The molecule has 0 saturated heterocycles. The Bertz CT molecular complexity index is 773. The predicted octanol–water partition coefficient (Wildman–Crippen LogP) is 2.51. The Hall–Kier alpha value is -2.36. The third-order valence-corrected chi connectivity index (χ3v) is 5.02. The first-order valence-corrected chi connectivity index (χ1v) is 8.27. The van der Waals surface area contributed by atoms with Gasteiger partial charge in [-0.25, -0.2) is 0 Å². The lowest BCUT2D eigenvalue weighted by atomic mass is 10.0. The summed E-state index contributed by atoms with van der Waals surface area (Å²) >= 11 is 1.46. The van der Waals surface area contributed by atoms with Gasteiger partial charge in [-0.15, -0.1) is 11.3 Å². The molecule has 6 heteroatoms. The highest BCUT2D eigenvalue weighted by Crippen LogP contribution is 2.34. The van der Waals surface area contributed by atoms with Gasteiger partial charge in [-0.1, -0.05) is 17.7 Å². The summed E-state index contributed by atoms with van der Waals surface area (Å²) < 4.78 is 0. The molecule has 1 amide bonds. The van der Waals surface area contributed by atoms with E-state index in [9.17, 15) is 4.79 Å². The first-order valence-electron chi connectivity index (χ1n) is 7.46.